The number of carbonyl (C=O) groups is 1. The smallest absolute Gasteiger partial charge is 0.191 e. The minimum Gasteiger partial charge on any atom is -0.305 e. The predicted molar refractivity (Wildman–Crippen MR) is 97.8 cm³/mol. The molecule has 1 aliphatic carbocycles. The van der Waals surface area contributed by atoms with Gasteiger partial charge in [-0.15, -0.1) is 10.2 Å². The van der Waals surface area contributed by atoms with Crippen LogP contribution in [0.5, 0.6) is 0 Å². The summed E-state index contributed by atoms with van der Waals surface area (Å²) in [6.45, 7) is 0. The number of carbonyl (C=O) groups excluding carboxylic acids is 1. The number of benzene rings is 1. The lowest BCUT2D eigenvalue weighted by Crippen LogP contribution is -2.05. The minimum absolute atomic E-state index is 0.130. The van der Waals surface area contributed by atoms with Crippen LogP contribution in [0, 0.1) is 0 Å². The van der Waals surface area contributed by atoms with Gasteiger partial charge in [0, 0.05) is 30.6 Å². The molecule has 0 amide bonds. The van der Waals surface area contributed by atoms with Gasteiger partial charge in [-0.25, -0.2) is 0 Å². The molecule has 0 spiro atoms. The Balaban J connectivity index is 1.47. The molecule has 3 aromatic rings. The molecule has 0 atom stereocenters. The molecule has 25 heavy (non-hydrogen) atoms. The highest BCUT2D eigenvalue weighted by molar-refractivity contribution is 7.99. The number of hydrogen-bond donors (Lipinski definition) is 0. The van der Waals surface area contributed by atoms with Gasteiger partial charge in [-0.05, 0) is 48.6 Å². The molecule has 2 aromatic heterocycles. The van der Waals surface area contributed by atoms with E-state index in [0.717, 1.165) is 34.9 Å². The average Bonchev–Trinajstić information content (AvgIpc) is 3.26. The van der Waals surface area contributed by atoms with E-state index in [2.05, 4.69) is 27.3 Å². The van der Waals surface area contributed by atoms with Crippen LogP contribution in [-0.2, 0) is 19.9 Å². The molecule has 126 valence electrons. The van der Waals surface area contributed by atoms with Crippen LogP contribution < -0.4 is 0 Å². The first-order chi connectivity index (χ1) is 12.2. The van der Waals surface area contributed by atoms with Crippen LogP contribution in [0.2, 0.25) is 0 Å². The summed E-state index contributed by atoms with van der Waals surface area (Å²) in [6, 6.07) is 9.92. The van der Waals surface area contributed by atoms with Crippen molar-refractivity contribution in [3.05, 3.63) is 59.4 Å². The molecule has 5 nitrogen and oxygen atoms in total. The molecule has 0 aliphatic heterocycles. The number of fused-ring (bicyclic) bond motifs is 1. The fourth-order valence-electron chi connectivity index (χ4n) is 3.15. The zero-order valence-corrected chi connectivity index (χ0v) is 14.8. The fourth-order valence-corrected chi connectivity index (χ4v) is 3.95. The van der Waals surface area contributed by atoms with E-state index in [1.165, 1.54) is 29.3 Å². The Hall–Kier alpha value is -2.47. The van der Waals surface area contributed by atoms with Gasteiger partial charge in [-0.2, -0.15) is 0 Å². The Morgan fingerprint density at radius 3 is 2.92 bits per heavy atom. The summed E-state index contributed by atoms with van der Waals surface area (Å²) < 4.78 is 1.90. The number of Topliss-reactive ketones (excluding diaryl/α,β-unsaturated/α-hetero) is 1. The number of aromatic nitrogens is 4. The maximum absolute atomic E-state index is 12.5. The highest BCUT2D eigenvalue weighted by Crippen LogP contribution is 2.25. The lowest BCUT2D eigenvalue weighted by molar-refractivity contribution is 0.102. The molecule has 0 unspecified atom stereocenters. The van der Waals surface area contributed by atoms with Crippen molar-refractivity contribution in [3.63, 3.8) is 0 Å². The fraction of sp³-hybridized carbons (Fsp3) is 0.263. The van der Waals surface area contributed by atoms with E-state index in [1.54, 1.807) is 12.4 Å². The van der Waals surface area contributed by atoms with Gasteiger partial charge in [0.1, 0.15) is 0 Å². The first-order valence-corrected chi connectivity index (χ1v) is 9.28. The highest BCUT2D eigenvalue weighted by Gasteiger charge is 2.16. The van der Waals surface area contributed by atoms with Gasteiger partial charge in [0.05, 0.1) is 5.75 Å². The summed E-state index contributed by atoms with van der Waals surface area (Å²) in [5.41, 5.74) is 4.42. The SMILES string of the molecule is Cn1c(SCC(=O)c2ccc3c(c2)CCC3)nnc1-c1cccnc1. The van der Waals surface area contributed by atoms with Crippen molar-refractivity contribution in [1.82, 2.24) is 19.7 Å². The zero-order chi connectivity index (χ0) is 17.2. The van der Waals surface area contributed by atoms with Crippen LogP contribution in [0.15, 0.2) is 47.9 Å². The van der Waals surface area contributed by atoms with Crippen LogP contribution in [-0.4, -0.2) is 31.3 Å². The van der Waals surface area contributed by atoms with Gasteiger partial charge < -0.3 is 4.57 Å². The second kappa shape index (κ2) is 6.80. The Labute approximate surface area is 150 Å². The molecule has 0 radical (unpaired) electrons. The summed E-state index contributed by atoms with van der Waals surface area (Å²) in [5.74, 6) is 1.24. The second-order valence-corrected chi connectivity index (χ2v) is 7.10. The van der Waals surface area contributed by atoms with Crippen molar-refractivity contribution < 1.29 is 4.79 Å². The number of hydrogen-bond acceptors (Lipinski definition) is 5. The zero-order valence-electron chi connectivity index (χ0n) is 14.0. The average molecular weight is 350 g/mol. The maximum atomic E-state index is 12.5. The molecule has 0 bridgehead atoms. The van der Waals surface area contributed by atoms with Crippen molar-refractivity contribution in [3.8, 4) is 11.4 Å². The minimum atomic E-state index is 0.130. The third-order valence-electron chi connectivity index (χ3n) is 4.51. The Bertz CT molecular complexity index is 920. The van der Waals surface area contributed by atoms with Crippen LogP contribution in [0.4, 0.5) is 0 Å². The summed E-state index contributed by atoms with van der Waals surface area (Å²) in [5, 5.41) is 9.17. The van der Waals surface area contributed by atoms with Crippen LogP contribution in [0.3, 0.4) is 0 Å². The summed E-state index contributed by atoms with van der Waals surface area (Å²) in [4.78, 5) is 16.6. The number of thioether (sulfide) groups is 1. The Morgan fingerprint density at radius 1 is 1.20 bits per heavy atom. The third-order valence-corrected chi connectivity index (χ3v) is 5.53. The molecule has 0 saturated carbocycles. The molecule has 0 N–H and O–H groups in total. The molecule has 0 fully saturated rings. The lowest BCUT2D eigenvalue weighted by atomic mass is 10.0. The molecule has 2 heterocycles. The number of rotatable bonds is 5. The molecule has 6 heteroatoms. The van der Waals surface area contributed by atoms with Crippen LogP contribution >= 0.6 is 11.8 Å². The monoisotopic (exact) mass is 350 g/mol. The first kappa shape index (κ1) is 16.0. The van der Waals surface area contributed by atoms with Gasteiger partial charge >= 0.3 is 0 Å². The predicted octanol–water partition coefficient (Wildman–Crippen LogP) is 3.34. The van der Waals surface area contributed by atoms with Crippen molar-refractivity contribution in [1.29, 1.82) is 0 Å². The van der Waals surface area contributed by atoms with E-state index in [4.69, 9.17) is 0 Å². The van der Waals surface area contributed by atoms with E-state index in [-0.39, 0.29) is 5.78 Å². The quantitative estimate of drug-likeness (QED) is 0.522. The second-order valence-electron chi connectivity index (χ2n) is 6.16. The standard InChI is InChI=1S/C19H18N4OS/c1-23-18(16-6-3-9-20-11-16)21-22-19(23)25-12-17(24)15-8-7-13-4-2-5-14(13)10-15/h3,6-11H,2,4-5,12H2,1H3. The third kappa shape index (κ3) is 3.22. The maximum Gasteiger partial charge on any atom is 0.191 e. The molecular weight excluding hydrogens is 332 g/mol. The topological polar surface area (TPSA) is 60.7 Å². The van der Waals surface area contributed by atoms with Crippen LogP contribution in [0.25, 0.3) is 11.4 Å². The van der Waals surface area contributed by atoms with Crippen LogP contribution in [0.1, 0.15) is 27.9 Å². The summed E-state index contributed by atoms with van der Waals surface area (Å²) >= 11 is 1.42. The Morgan fingerprint density at radius 2 is 2.08 bits per heavy atom. The van der Waals surface area contributed by atoms with E-state index in [0.29, 0.717) is 5.75 Å². The van der Waals surface area contributed by atoms with E-state index in [1.807, 2.05) is 29.8 Å². The highest BCUT2D eigenvalue weighted by atomic mass is 32.2. The molecule has 1 aromatic carbocycles. The van der Waals surface area contributed by atoms with Gasteiger partial charge in [-0.3, -0.25) is 9.78 Å². The normalized spacial score (nSPS) is 13.0. The van der Waals surface area contributed by atoms with Gasteiger partial charge in [0.25, 0.3) is 0 Å². The molecular formula is C19H18N4OS. The Kier molecular flexibility index (Phi) is 4.36. The number of ketones is 1. The number of aryl methyl sites for hydroxylation is 2. The van der Waals surface area contributed by atoms with Gasteiger partial charge in [0.15, 0.2) is 16.8 Å². The van der Waals surface area contributed by atoms with Gasteiger partial charge in [0.2, 0.25) is 0 Å². The van der Waals surface area contributed by atoms with Crippen molar-refractivity contribution in [2.75, 3.05) is 5.75 Å². The van der Waals surface area contributed by atoms with E-state index in [9.17, 15) is 4.79 Å². The summed E-state index contributed by atoms with van der Waals surface area (Å²) in [6.07, 6.45) is 6.90. The molecule has 4 rings (SSSR count). The van der Waals surface area contributed by atoms with E-state index >= 15 is 0 Å². The van der Waals surface area contributed by atoms with E-state index < -0.39 is 0 Å². The van der Waals surface area contributed by atoms with Crippen molar-refractivity contribution in [2.45, 2.75) is 24.4 Å². The van der Waals surface area contributed by atoms with Gasteiger partial charge in [-0.1, -0.05) is 23.9 Å². The first-order valence-electron chi connectivity index (χ1n) is 8.30. The largest absolute Gasteiger partial charge is 0.305 e. The van der Waals surface area contributed by atoms with Crippen molar-refractivity contribution >= 4 is 17.5 Å². The summed E-state index contributed by atoms with van der Waals surface area (Å²) in [7, 11) is 1.91. The number of pyridine rings is 1. The number of nitrogens with zero attached hydrogens (tertiary/aromatic N) is 4. The van der Waals surface area contributed by atoms with Crippen molar-refractivity contribution in [2.24, 2.45) is 7.05 Å². The molecule has 1 aliphatic rings. The lowest BCUT2D eigenvalue weighted by Gasteiger charge is -2.05. The molecule has 0 saturated heterocycles.